The van der Waals surface area contributed by atoms with Crippen molar-refractivity contribution in [3.8, 4) is 5.75 Å². The zero-order valence-corrected chi connectivity index (χ0v) is 17.4. The number of fused-ring (bicyclic) bond motifs is 1. The second-order valence-corrected chi connectivity index (χ2v) is 7.65. The van der Waals surface area contributed by atoms with Crippen LogP contribution in [0.1, 0.15) is 36.5 Å². The first kappa shape index (κ1) is 20.7. The van der Waals surface area contributed by atoms with Crippen molar-refractivity contribution in [3.05, 3.63) is 64.2 Å². The minimum absolute atomic E-state index is 0.120. The lowest BCUT2D eigenvalue weighted by atomic mass is 9.87. The molecule has 0 bridgehead atoms. The second-order valence-electron chi connectivity index (χ2n) is 7.24. The molecule has 0 radical (unpaired) electrons. The second kappa shape index (κ2) is 9.94. The van der Waals surface area contributed by atoms with Crippen molar-refractivity contribution in [1.82, 2.24) is 4.90 Å². The van der Waals surface area contributed by atoms with Gasteiger partial charge < -0.3 is 14.4 Å². The van der Waals surface area contributed by atoms with Crippen LogP contribution in [0.4, 0.5) is 0 Å². The summed E-state index contributed by atoms with van der Waals surface area (Å²) in [4.78, 5) is 13.9. The summed E-state index contributed by atoms with van der Waals surface area (Å²) in [5.41, 5.74) is 3.71. The van der Waals surface area contributed by atoms with Crippen LogP contribution in [0.3, 0.4) is 0 Å². The van der Waals surface area contributed by atoms with E-state index in [9.17, 15) is 4.79 Å². The van der Waals surface area contributed by atoms with Crippen molar-refractivity contribution in [3.63, 3.8) is 0 Å². The van der Waals surface area contributed by atoms with Crippen LogP contribution >= 0.6 is 11.6 Å². The van der Waals surface area contributed by atoms with E-state index < -0.39 is 0 Å². The van der Waals surface area contributed by atoms with Crippen LogP contribution in [0.25, 0.3) is 0 Å². The summed E-state index contributed by atoms with van der Waals surface area (Å²) in [6, 6.07) is 14.6. The number of likely N-dealkylation sites (N-methyl/N-ethyl adjacent to an activating group) is 1. The van der Waals surface area contributed by atoms with Gasteiger partial charge in [-0.25, -0.2) is 0 Å². The van der Waals surface area contributed by atoms with Gasteiger partial charge in [0.15, 0.2) is 0 Å². The Balaban J connectivity index is 1.55. The van der Waals surface area contributed by atoms with Crippen LogP contribution in [-0.4, -0.2) is 37.1 Å². The Hall–Kier alpha value is -2.04. The van der Waals surface area contributed by atoms with E-state index in [1.165, 1.54) is 11.1 Å². The molecule has 2 aromatic carbocycles. The van der Waals surface area contributed by atoms with Gasteiger partial charge in [-0.3, -0.25) is 4.79 Å². The van der Waals surface area contributed by atoms with Gasteiger partial charge in [-0.05, 0) is 62.6 Å². The van der Waals surface area contributed by atoms with Crippen molar-refractivity contribution in [2.75, 3.05) is 20.2 Å². The standard InChI is InChI=1S/C23H28ClNO3/c1-3-27-23(26)12-13-25(2)20-10-8-18-15-21(11-9-17(18)14-20)28-16-19-6-4-5-7-22(19)24/h4-7,9,11,15,20H,3,8,10,12-14,16H2,1-2H3. The maximum absolute atomic E-state index is 11.6. The molecular weight excluding hydrogens is 374 g/mol. The zero-order chi connectivity index (χ0) is 19.9. The number of ether oxygens (including phenoxy) is 2. The Bertz CT molecular complexity index is 808. The lowest BCUT2D eigenvalue weighted by Crippen LogP contribution is -2.37. The quantitative estimate of drug-likeness (QED) is 0.603. The van der Waals surface area contributed by atoms with E-state index in [-0.39, 0.29) is 5.97 Å². The molecule has 1 unspecified atom stereocenters. The summed E-state index contributed by atoms with van der Waals surface area (Å²) in [5.74, 6) is 0.763. The Labute approximate surface area is 172 Å². The molecule has 0 aliphatic heterocycles. The molecule has 1 atom stereocenters. The fraction of sp³-hybridized carbons (Fsp3) is 0.435. The third kappa shape index (κ3) is 5.49. The number of carbonyl (C=O) groups excluding carboxylic acids is 1. The number of esters is 1. The summed E-state index contributed by atoms with van der Waals surface area (Å²) in [6.45, 7) is 3.49. The summed E-state index contributed by atoms with van der Waals surface area (Å²) < 4.78 is 11.0. The smallest absolute Gasteiger partial charge is 0.307 e. The van der Waals surface area contributed by atoms with Gasteiger partial charge in [0.2, 0.25) is 0 Å². The molecule has 0 amide bonds. The number of rotatable bonds is 8. The molecule has 0 saturated carbocycles. The van der Waals surface area contributed by atoms with Gasteiger partial charge in [-0.2, -0.15) is 0 Å². The molecule has 4 nitrogen and oxygen atoms in total. The van der Waals surface area contributed by atoms with E-state index in [1.807, 2.05) is 37.3 Å². The highest BCUT2D eigenvalue weighted by Crippen LogP contribution is 2.28. The first-order valence-corrected chi connectivity index (χ1v) is 10.3. The van der Waals surface area contributed by atoms with Gasteiger partial charge in [0, 0.05) is 23.2 Å². The molecule has 28 heavy (non-hydrogen) atoms. The van der Waals surface area contributed by atoms with Crippen molar-refractivity contribution in [2.24, 2.45) is 0 Å². The highest BCUT2D eigenvalue weighted by Gasteiger charge is 2.23. The highest BCUT2D eigenvalue weighted by atomic mass is 35.5. The molecule has 150 valence electrons. The first-order chi connectivity index (χ1) is 13.6. The topological polar surface area (TPSA) is 38.8 Å². The molecule has 0 N–H and O–H groups in total. The molecule has 2 aromatic rings. The van der Waals surface area contributed by atoms with Crippen molar-refractivity contribution < 1.29 is 14.3 Å². The molecule has 0 heterocycles. The molecule has 0 aromatic heterocycles. The molecule has 3 rings (SSSR count). The van der Waals surface area contributed by atoms with Crippen LogP contribution < -0.4 is 4.74 Å². The van der Waals surface area contributed by atoms with E-state index in [0.29, 0.717) is 25.7 Å². The van der Waals surface area contributed by atoms with Gasteiger partial charge in [0.05, 0.1) is 13.0 Å². The Kier molecular flexibility index (Phi) is 7.35. The van der Waals surface area contributed by atoms with Gasteiger partial charge in [0.25, 0.3) is 0 Å². The number of benzene rings is 2. The molecular formula is C23H28ClNO3. The summed E-state index contributed by atoms with van der Waals surface area (Å²) in [6.07, 6.45) is 3.55. The number of nitrogens with zero attached hydrogens (tertiary/aromatic N) is 1. The van der Waals surface area contributed by atoms with Gasteiger partial charge >= 0.3 is 5.97 Å². The molecule has 0 saturated heterocycles. The molecule has 0 fully saturated rings. The predicted octanol–water partition coefficient (Wildman–Crippen LogP) is 4.66. The zero-order valence-electron chi connectivity index (χ0n) is 16.6. The summed E-state index contributed by atoms with van der Waals surface area (Å²) in [7, 11) is 2.09. The third-order valence-electron chi connectivity index (χ3n) is 5.33. The predicted molar refractivity (Wildman–Crippen MR) is 112 cm³/mol. The Morgan fingerprint density at radius 1 is 1.21 bits per heavy atom. The monoisotopic (exact) mass is 401 g/mol. The molecule has 1 aliphatic rings. The Morgan fingerprint density at radius 2 is 2.04 bits per heavy atom. The summed E-state index contributed by atoms with van der Waals surface area (Å²) in [5, 5.41) is 0.731. The fourth-order valence-corrected chi connectivity index (χ4v) is 3.83. The van der Waals surface area contributed by atoms with Crippen LogP contribution in [-0.2, 0) is 29.0 Å². The van der Waals surface area contributed by atoms with E-state index in [4.69, 9.17) is 21.1 Å². The maximum Gasteiger partial charge on any atom is 0.307 e. The van der Waals surface area contributed by atoms with Crippen molar-refractivity contribution >= 4 is 17.6 Å². The van der Waals surface area contributed by atoms with Gasteiger partial charge in [0.1, 0.15) is 12.4 Å². The maximum atomic E-state index is 11.6. The summed E-state index contributed by atoms with van der Waals surface area (Å²) >= 11 is 6.20. The largest absolute Gasteiger partial charge is 0.489 e. The number of hydrogen-bond donors (Lipinski definition) is 0. The van der Waals surface area contributed by atoms with Crippen molar-refractivity contribution in [2.45, 2.75) is 45.3 Å². The average molecular weight is 402 g/mol. The lowest BCUT2D eigenvalue weighted by molar-refractivity contribution is -0.143. The van der Waals surface area contributed by atoms with Gasteiger partial charge in [-0.15, -0.1) is 0 Å². The fourth-order valence-electron chi connectivity index (χ4n) is 3.64. The third-order valence-corrected chi connectivity index (χ3v) is 5.70. The Morgan fingerprint density at radius 3 is 2.82 bits per heavy atom. The van der Waals surface area contributed by atoms with Crippen LogP contribution in [0.15, 0.2) is 42.5 Å². The molecule has 5 heteroatoms. The minimum Gasteiger partial charge on any atom is -0.489 e. The number of carbonyl (C=O) groups is 1. The number of hydrogen-bond acceptors (Lipinski definition) is 4. The van der Waals surface area contributed by atoms with Gasteiger partial charge in [-0.1, -0.05) is 35.9 Å². The average Bonchev–Trinajstić information content (AvgIpc) is 2.71. The molecule has 0 spiro atoms. The molecule has 1 aliphatic carbocycles. The first-order valence-electron chi connectivity index (χ1n) is 9.90. The van der Waals surface area contributed by atoms with Crippen LogP contribution in [0, 0.1) is 0 Å². The highest BCUT2D eigenvalue weighted by molar-refractivity contribution is 6.31. The normalized spacial score (nSPS) is 15.9. The number of aryl methyl sites for hydroxylation is 1. The lowest BCUT2D eigenvalue weighted by Gasteiger charge is -2.32. The van der Waals surface area contributed by atoms with E-state index >= 15 is 0 Å². The van der Waals surface area contributed by atoms with Crippen LogP contribution in [0.2, 0.25) is 5.02 Å². The minimum atomic E-state index is -0.120. The van der Waals surface area contributed by atoms with Crippen LogP contribution in [0.5, 0.6) is 5.75 Å². The van der Waals surface area contributed by atoms with Crippen molar-refractivity contribution in [1.29, 1.82) is 0 Å². The van der Waals surface area contributed by atoms with E-state index in [0.717, 1.165) is 42.1 Å². The van der Waals surface area contributed by atoms with E-state index in [1.54, 1.807) is 0 Å². The van der Waals surface area contributed by atoms with E-state index in [2.05, 4.69) is 24.1 Å². The number of halogens is 1. The SMILES string of the molecule is CCOC(=O)CCN(C)C1CCc2cc(OCc3ccccc3Cl)ccc2C1.